The quantitative estimate of drug-likeness (QED) is 0.376. The molecule has 1 aliphatic carbocycles. The second-order valence-electron chi connectivity index (χ2n) is 9.99. The summed E-state index contributed by atoms with van der Waals surface area (Å²) < 4.78 is 0. The maximum Gasteiger partial charge on any atom is 0.246 e. The van der Waals surface area contributed by atoms with E-state index in [0.717, 1.165) is 37.5 Å². The van der Waals surface area contributed by atoms with E-state index in [1.54, 1.807) is 29.2 Å². The van der Waals surface area contributed by atoms with Crippen LogP contribution >= 0.6 is 23.2 Å². The van der Waals surface area contributed by atoms with Crippen LogP contribution < -0.4 is 0 Å². The Morgan fingerprint density at radius 1 is 0.914 bits per heavy atom. The Bertz CT molecular complexity index is 895. The lowest BCUT2D eigenvalue weighted by Crippen LogP contribution is -2.49. The molecule has 0 unspecified atom stereocenters. The third-order valence-electron chi connectivity index (χ3n) is 7.66. The van der Waals surface area contributed by atoms with Crippen LogP contribution in [-0.4, -0.2) is 96.4 Å². The van der Waals surface area contributed by atoms with Crippen LogP contribution in [0.25, 0.3) is 6.08 Å². The summed E-state index contributed by atoms with van der Waals surface area (Å²) in [5, 5.41) is 0.951. The van der Waals surface area contributed by atoms with Gasteiger partial charge in [0.2, 0.25) is 11.8 Å². The summed E-state index contributed by atoms with van der Waals surface area (Å²) in [5.41, 5.74) is 0.820. The molecule has 3 aliphatic rings. The monoisotopic (exact) mass is 520 g/mol. The molecule has 4 rings (SSSR count). The standard InChI is InChI=1S/C27H38Cl2N4O2/c28-24-9-7-22(21-25(24)29)8-10-26(34)33-14-11-27(35)32(19-20-33)13-4-3-12-30-15-17-31(18-16-30)23-5-1-2-6-23/h7-10,21,23H,1-6,11-20H2/b10-8+. The van der Waals surface area contributed by atoms with Crippen LogP contribution in [-0.2, 0) is 9.59 Å². The Balaban J connectivity index is 1.14. The first kappa shape index (κ1) is 26.5. The van der Waals surface area contributed by atoms with Crippen molar-refractivity contribution >= 4 is 41.1 Å². The zero-order chi connectivity index (χ0) is 24.6. The second-order valence-corrected chi connectivity index (χ2v) is 10.8. The van der Waals surface area contributed by atoms with Crippen LogP contribution in [0.3, 0.4) is 0 Å². The van der Waals surface area contributed by atoms with E-state index in [0.29, 0.717) is 36.1 Å². The molecule has 8 heteroatoms. The summed E-state index contributed by atoms with van der Waals surface area (Å²) in [5.74, 6) is 0.0707. The summed E-state index contributed by atoms with van der Waals surface area (Å²) >= 11 is 12.0. The van der Waals surface area contributed by atoms with Crippen molar-refractivity contribution in [3.8, 4) is 0 Å². The zero-order valence-electron chi connectivity index (χ0n) is 20.6. The average Bonchev–Trinajstić information content (AvgIpc) is 3.34. The molecular formula is C27H38Cl2N4O2. The van der Waals surface area contributed by atoms with Gasteiger partial charge in [-0.25, -0.2) is 0 Å². The molecule has 0 N–H and O–H groups in total. The first-order chi connectivity index (χ1) is 17.0. The second kappa shape index (κ2) is 13.1. The maximum absolute atomic E-state index is 12.7. The summed E-state index contributed by atoms with van der Waals surface area (Å²) in [6.07, 6.45) is 11.4. The highest BCUT2D eigenvalue weighted by Crippen LogP contribution is 2.25. The number of unbranched alkanes of at least 4 members (excludes halogenated alkanes) is 1. The largest absolute Gasteiger partial charge is 0.341 e. The molecular weight excluding hydrogens is 483 g/mol. The first-order valence-electron chi connectivity index (χ1n) is 13.2. The molecule has 2 saturated heterocycles. The average molecular weight is 522 g/mol. The van der Waals surface area contributed by atoms with E-state index in [1.807, 2.05) is 11.0 Å². The molecule has 2 heterocycles. The minimum Gasteiger partial charge on any atom is -0.341 e. The van der Waals surface area contributed by atoms with Crippen LogP contribution in [0, 0.1) is 0 Å². The van der Waals surface area contributed by atoms with Crippen molar-refractivity contribution in [2.45, 2.75) is 51.0 Å². The number of rotatable bonds is 8. The Morgan fingerprint density at radius 2 is 1.66 bits per heavy atom. The number of hydrogen-bond donors (Lipinski definition) is 0. The molecule has 0 aromatic heterocycles. The number of carbonyl (C=O) groups excluding carboxylic acids is 2. The van der Waals surface area contributed by atoms with E-state index in [1.165, 1.54) is 51.9 Å². The molecule has 0 radical (unpaired) electrons. The van der Waals surface area contributed by atoms with Gasteiger partial charge < -0.3 is 14.7 Å². The lowest BCUT2D eigenvalue weighted by Gasteiger charge is -2.38. The fraction of sp³-hybridized carbons (Fsp3) is 0.630. The third-order valence-corrected chi connectivity index (χ3v) is 8.40. The lowest BCUT2D eigenvalue weighted by atomic mass is 10.1. The molecule has 2 aliphatic heterocycles. The molecule has 0 spiro atoms. The molecule has 6 nitrogen and oxygen atoms in total. The van der Waals surface area contributed by atoms with Gasteiger partial charge in [-0.3, -0.25) is 14.5 Å². The predicted octanol–water partition coefficient (Wildman–Crippen LogP) is 4.41. The van der Waals surface area contributed by atoms with Crippen molar-refractivity contribution in [3.63, 3.8) is 0 Å². The van der Waals surface area contributed by atoms with Crippen molar-refractivity contribution < 1.29 is 9.59 Å². The van der Waals surface area contributed by atoms with Gasteiger partial charge >= 0.3 is 0 Å². The van der Waals surface area contributed by atoms with Gasteiger partial charge in [0.15, 0.2) is 0 Å². The number of benzene rings is 1. The normalized spacial score (nSPS) is 21.3. The molecule has 0 atom stereocenters. The Labute approximate surface area is 219 Å². The van der Waals surface area contributed by atoms with Crippen LogP contribution in [0.5, 0.6) is 0 Å². The number of piperazine rings is 1. The van der Waals surface area contributed by atoms with E-state index in [9.17, 15) is 9.59 Å². The van der Waals surface area contributed by atoms with Crippen molar-refractivity contribution in [3.05, 3.63) is 39.9 Å². The molecule has 3 fully saturated rings. The zero-order valence-corrected chi connectivity index (χ0v) is 22.2. The van der Waals surface area contributed by atoms with Gasteiger partial charge in [0, 0.05) is 70.9 Å². The molecule has 2 amide bonds. The fourth-order valence-corrected chi connectivity index (χ4v) is 5.78. The van der Waals surface area contributed by atoms with Crippen molar-refractivity contribution in [2.24, 2.45) is 0 Å². The number of nitrogens with zero attached hydrogens (tertiary/aromatic N) is 4. The van der Waals surface area contributed by atoms with E-state index < -0.39 is 0 Å². The van der Waals surface area contributed by atoms with Gasteiger partial charge in [0.1, 0.15) is 0 Å². The molecule has 1 aromatic rings. The molecule has 1 aromatic carbocycles. The van der Waals surface area contributed by atoms with Gasteiger partial charge in [-0.05, 0) is 56.0 Å². The van der Waals surface area contributed by atoms with Crippen LogP contribution in [0.4, 0.5) is 0 Å². The van der Waals surface area contributed by atoms with Crippen LogP contribution in [0.15, 0.2) is 24.3 Å². The smallest absolute Gasteiger partial charge is 0.246 e. The van der Waals surface area contributed by atoms with Gasteiger partial charge in [0.05, 0.1) is 10.0 Å². The van der Waals surface area contributed by atoms with Gasteiger partial charge in [-0.1, -0.05) is 42.1 Å². The van der Waals surface area contributed by atoms with Gasteiger partial charge in [-0.2, -0.15) is 0 Å². The summed E-state index contributed by atoms with van der Waals surface area (Å²) in [6, 6.07) is 6.11. The SMILES string of the molecule is O=C(/C=C/c1ccc(Cl)c(Cl)c1)N1CCC(=O)N(CCCCN2CCN(C3CCCC3)CC2)CC1. The van der Waals surface area contributed by atoms with E-state index >= 15 is 0 Å². The Hall–Kier alpha value is -1.60. The van der Waals surface area contributed by atoms with Crippen LogP contribution in [0.2, 0.25) is 10.0 Å². The predicted molar refractivity (Wildman–Crippen MR) is 143 cm³/mol. The molecule has 0 bridgehead atoms. The van der Waals surface area contributed by atoms with Gasteiger partial charge in [-0.15, -0.1) is 0 Å². The minimum absolute atomic E-state index is 0.0810. The van der Waals surface area contributed by atoms with Crippen molar-refractivity contribution in [1.82, 2.24) is 19.6 Å². The van der Waals surface area contributed by atoms with Crippen molar-refractivity contribution in [2.75, 3.05) is 58.9 Å². The summed E-state index contributed by atoms with van der Waals surface area (Å²) in [7, 11) is 0. The molecule has 192 valence electrons. The van der Waals surface area contributed by atoms with Crippen molar-refractivity contribution in [1.29, 1.82) is 0 Å². The number of hydrogen-bond acceptors (Lipinski definition) is 4. The van der Waals surface area contributed by atoms with E-state index in [-0.39, 0.29) is 11.8 Å². The lowest BCUT2D eigenvalue weighted by molar-refractivity contribution is -0.130. The van der Waals surface area contributed by atoms with E-state index in [4.69, 9.17) is 23.2 Å². The minimum atomic E-state index is -0.0810. The highest BCUT2D eigenvalue weighted by atomic mass is 35.5. The van der Waals surface area contributed by atoms with Gasteiger partial charge in [0.25, 0.3) is 0 Å². The molecule has 35 heavy (non-hydrogen) atoms. The summed E-state index contributed by atoms with van der Waals surface area (Å²) in [4.78, 5) is 34.3. The Morgan fingerprint density at radius 3 is 2.40 bits per heavy atom. The number of halogens is 2. The summed E-state index contributed by atoms with van der Waals surface area (Å²) in [6.45, 7) is 8.29. The highest BCUT2D eigenvalue weighted by molar-refractivity contribution is 6.42. The number of amides is 2. The number of carbonyl (C=O) groups is 2. The highest BCUT2D eigenvalue weighted by Gasteiger charge is 2.26. The maximum atomic E-state index is 12.7. The Kier molecular flexibility index (Phi) is 9.90. The third kappa shape index (κ3) is 7.69. The topological polar surface area (TPSA) is 47.1 Å². The van der Waals surface area contributed by atoms with E-state index in [2.05, 4.69) is 9.80 Å². The molecule has 1 saturated carbocycles. The fourth-order valence-electron chi connectivity index (χ4n) is 5.47. The first-order valence-corrected chi connectivity index (χ1v) is 13.9. The van der Waals surface area contributed by atoms with Crippen LogP contribution in [0.1, 0.15) is 50.5 Å².